The van der Waals surface area contributed by atoms with Gasteiger partial charge in [0.1, 0.15) is 0 Å². The maximum absolute atomic E-state index is 11.2. The van der Waals surface area contributed by atoms with Crippen LogP contribution < -0.4 is 5.32 Å². The molecular formula is C11H13ClN2O3S. The van der Waals surface area contributed by atoms with Crippen molar-refractivity contribution in [2.24, 2.45) is 4.99 Å². The summed E-state index contributed by atoms with van der Waals surface area (Å²) in [5.41, 5.74) is 1.06. The average Bonchev–Trinajstić information content (AvgIpc) is 2.63. The molecule has 98 valence electrons. The molecule has 0 bridgehead atoms. The number of thioether (sulfide) groups is 1. The fourth-order valence-corrected chi connectivity index (χ4v) is 3.39. The van der Waals surface area contributed by atoms with Gasteiger partial charge in [0.2, 0.25) is 10.3 Å². The number of nitrogens with zero attached hydrogens (tertiary/aromatic N) is 1. The molecule has 7 heteroatoms. The summed E-state index contributed by atoms with van der Waals surface area (Å²) in [5.74, 6) is -0.395. The Labute approximate surface area is 114 Å². The maximum atomic E-state index is 11.2. The summed E-state index contributed by atoms with van der Waals surface area (Å²) in [6, 6.07) is 0. The van der Waals surface area contributed by atoms with E-state index in [9.17, 15) is 9.59 Å². The Kier molecular flexibility index (Phi) is 4.09. The Morgan fingerprint density at radius 1 is 1.67 bits per heavy atom. The topological polar surface area (TPSA) is 67.8 Å². The molecule has 0 aromatic heterocycles. The number of rotatable bonds is 4. The van der Waals surface area contributed by atoms with E-state index in [1.807, 2.05) is 0 Å². The Bertz CT molecular complexity index is 450. The van der Waals surface area contributed by atoms with Gasteiger partial charge in [-0.3, -0.25) is 19.9 Å². The summed E-state index contributed by atoms with van der Waals surface area (Å²) in [7, 11) is 0. The van der Waals surface area contributed by atoms with Crippen molar-refractivity contribution in [1.82, 2.24) is 5.32 Å². The summed E-state index contributed by atoms with van der Waals surface area (Å²) < 4.78 is 5.34. The van der Waals surface area contributed by atoms with Crippen molar-refractivity contribution in [3.05, 3.63) is 10.5 Å². The van der Waals surface area contributed by atoms with E-state index in [-0.39, 0.29) is 6.54 Å². The molecule has 5 nitrogen and oxygen atoms in total. The number of ether oxygens (including phenoxy) is 1. The van der Waals surface area contributed by atoms with Crippen LogP contribution in [0.3, 0.4) is 0 Å². The van der Waals surface area contributed by atoms with Crippen LogP contribution >= 0.6 is 23.4 Å². The number of esters is 1. The van der Waals surface area contributed by atoms with Gasteiger partial charge in [-0.05, 0) is 28.5 Å². The van der Waals surface area contributed by atoms with E-state index in [1.54, 1.807) is 6.21 Å². The van der Waals surface area contributed by atoms with Gasteiger partial charge in [0.25, 0.3) is 0 Å². The van der Waals surface area contributed by atoms with Crippen LogP contribution in [0.25, 0.3) is 0 Å². The lowest BCUT2D eigenvalue weighted by atomic mass is 10.1. The van der Waals surface area contributed by atoms with Crippen molar-refractivity contribution in [1.29, 1.82) is 0 Å². The van der Waals surface area contributed by atoms with E-state index >= 15 is 0 Å². The molecule has 0 saturated carbocycles. The standard InChI is InChI=1S/C11H13ClN2O3S/c1-7(15)17-11(14-6-10(12)16)4-8-5-13-3-2-9(8)18-11/h5,14H,2-4,6H2,1H3. The molecule has 18 heavy (non-hydrogen) atoms. The number of halogens is 1. The largest absolute Gasteiger partial charge is 0.434 e. The smallest absolute Gasteiger partial charge is 0.305 e. The maximum Gasteiger partial charge on any atom is 0.305 e. The number of carbonyl (C=O) groups is 2. The number of hydrogen-bond donors (Lipinski definition) is 1. The van der Waals surface area contributed by atoms with Gasteiger partial charge in [0, 0.05) is 26.1 Å². The minimum Gasteiger partial charge on any atom is -0.434 e. The van der Waals surface area contributed by atoms with Crippen molar-refractivity contribution in [2.75, 3.05) is 13.1 Å². The second kappa shape index (κ2) is 5.42. The van der Waals surface area contributed by atoms with E-state index in [2.05, 4.69) is 10.3 Å². The van der Waals surface area contributed by atoms with Crippen LogP contribution in [-0.4, -0.2) is 35.6 Å². The first-order chi connectivity index (χ1) is 8.51. The van der Waals surface area contributed by atoms with Crippen molar-refractivity contribution in [2.45, 2.75) is 24.8 Å². The van der Waals surface area contributed by atoms with Gasteiger partial charge in [0.15, 0.2) is 0 Å². The lowest BCUT2D eigenvalue weighted by Crippen LogP contribution is -2.46. The highest BCUT2D eigenvalue weighted by Gasteiger charge is 2.42. The Morgan fingerprint density at radius 2 is 2.44 bits per heavy atom. The summed E-state index contributed by atoms with van der Waals surface area (Å²) in [6.45, 7) is 2.05. The molecule has 0 radical (unpaired) electrons. The van der Waals surface area contributed by atoms with Gasteiger partial charge in [-0.1, -0.05) is 11.8 Å². The summed E-state index contributed by atoms with van der Waals surface area (Å²) in [6.07, 6.45) is 3.15. The van der Waals surface area contributed by atoms with E-state index < -0.39 is 16.3 Å². The molecule has 0 amide bonds. The number of nitrogens with one attached hydrogen (secondary N) is 1. The van der Waals surface area contributed by atoms with Gasteiger partial charge in [-0.2, -0.15) is 0 Å². The van der Waals surface area contributed by atoms with E-state index in [1.165, 1.54) is 18.7 Å². The normalized spacial score (nSPS) is 26.1. The van der Waals surface area contributed by atoms with Crippen molar-refractivity contribution >= 4 is 40.8 Å². The Balaban J connectivity index is 2.11. The van der Waals surface area contributed by atoms with Crippen LogP contribution in [0.2, 0.25) is 0 Å². The van der Waals surface area contributed by atoms with Crippen LogP contribution in [0.1, 0.15) is 19.8 Å². The average molecular weight is 289 g/mol. The number of carbonyl (C=O) groups excluding carboxylic acids is 2. The first kappa shape index (κ1) is 13.6. The van der Waals surface area contributed by atoms with Crippen LogP contribution in [0.4, 0.5) is 0 Å². The van der Waals surface area contributed by atoms with Crippen LogP contribution in [0, 0.1) is 0 Å². The fourth-order valence-electron chi connectivity index (χ4n) is 1.95. The molecule has 1 N–H and O–H groups in total. The monoisotopic (exact) mass is 288 g/mol. The molecular weight excluding hydrogens is 276 g/mol. The second-order valence-corrected chi connectivity index (χ2v) is 5.85. The zero-order valence-corrected chi connectivity index (χ0v) is 11.4. The lowest BCUT2D eigenvalue weighted by Gasteiger charge is -2.28. The minimum absolute atomic E-state index is 0.0421. The quantitative estimate of drug-likeness (QED) is 0.481. The SMILES string of the molecule is CC(=O)OC1(NCC(=O)Cl)CC2=C(CCN=C2)S1. The summed E-state index contributed by atoms with van der Waals surface area (Å²) in [4.78, 5) is 27.4. The van der Waals surface area contributed by atoms with Crippen molar-refractivity contribution in [3.8, 4) is 0 Å². The Hall–Kier alpha value is -0.850. The highest BCUT2D eigenvalue weighted by molar-refractivity contribution is 8.04. The van der Waals surface area contributed by atoms with Gasteiger partial charge < -0.3 is 4.74 Å². The molecule has 0 aromatic rings. The van der Waals surface area contributed by atoms with E-state index in [0.717, 1.165) is 23.4 Å². The third kappa shape index (κ3) is 3.13. The van der Waals surface area contributed by atoms with Crippen molar-refractivity contribution < 1.29 is 14.3 Å². The number of aliphatic imine (C=N–C) groups is 1. The Morgan fingerprint density at radius 3 is 3.06 bits per heavy atom. The summed E-state index contributed by atoms with van der Waals surface area (Å²) in [5, 5.41) is 1.48. The van der Waals surface area contributed by atoms with Crippen molar-refractivity contribution in [3.63, 3.8) is 0 Å². The van der Waals surface area contributed by atoms with Gasteiger partial charge >= 0.3 is 5.97 Å². The molecule has 0 saturated heterocycles. The molecule has 0 aromatic carbocycles. The van der Waals surface area contributed by atoms with E-state index in [0.29, 0.717) is 6.42 Å². The molecule has 2 aliphatic rings. The van der Waals surface area contributed by atoms with Crippen LogP contribution in [0.15, 0.2) is 15.5 Å². The molecule has 2 rings (SSSR count). The predicted molar refractivity (Wildman–Crippen MR) is 70.6 cm³/mol. The zero-order chi connectivity index (χ0) is 13.2. The molecule has 0 aliphatic carbocycles. The molecule has 0 fully saturated rings. The molecule has 2 heterocycles. The highest BCUT2D eigenvalue weighted by atomic mass is 35.5. The fraction of sp³-hybridized carbons (Fsp3) is 0.545. The minimum atomic E-state index is -0.919. The van der Waals surface area contributed by atoms with Crippen LogP contribution in [-0.2, 0) is 14.3 Å². The lowest BCUT2D eigenvalue weighted by molar-refractivity contribution is -0.150. The number of hydrogen-bond acceptors (Lipinski definition) is 6. The highest BCUT2D eigenvalue weighted by Crippen LogP contribution is 2.47. The van der Waals surface area contributed by atoms with Crippen LogP contribution in [0.5, 0.6) is 0 Å². The third-order valence-corrected chi connectivity index (χ3v) is 4.14. The predicted octanol–water partition coefficient (Wildman–Crippen LogP) is 1.42. The van der Waals surface area contributed by atoms with Gasteiger partial charge in [-0.25, -0.2) is 0 Å². The van der Waals surface area contributed by atoms with Gasteiger partial charge in [-0.15, -0.1) is 0 Å². The molecule has 1 unspecified atom stereocenters. The first-order valence-electron chi connectivity index (χ1n) is 5.54. The van der Waals surface area contributed by atoms with E-state index in [4.69, 9.17) is 16.3 Å². The second-order valence-electron chi connectivity index (χ2n) is 4.07. The number of dihydropyridines is 1. The van der Waals surface area contributed by atoms with Gasteiger partial charge in [0.05, 0.1) is 6.54 Å². The molecule has 1 atom stereocenters. The summed E-state index contributed by atoms with van der Waals surface area (Å²) >= 11 is 6.75. The zero-order valence-electron chi connectivity index (χ0n) is 9.86. The molecule has 2 aliphatic heterocycles. The first-order valence-corrected chi connectivity index (χ1v) is 6.74. The third-order valence-electron chi connectivity index (χ3n) is 2.59. The molecule has 0 spiro atoms.